The van der Waals surface area contributed by atoms with E-state index in [-0.39, 0.29) is 25.0 Å². The van der Waals surface area contributed by atoms with Crippen LogP contribution in [0.4, 0.5) is 0 Å². The Morgan fingerprint density at radius 2 is 1.95 bits per heavy atom. The molecule has 0 aliphatic heterocycles. The van der Waals surface area contributed by atoms with Crippen molar-refractivity contribution < 1.29 is 24.2 Å². The number of carboxylic acids is 1. The van der Waals surface area contributed by atoms with Gasteiger partial charge in [-0.3, -0.25) is 9.59 Å². The molecule has 0 rings (SSSR count). The molecular weight excluding hydrogens is 252 g/mol. The van der Waals surface area contributed by atoms with Crippen molar-refractivity contribution in [3.8, 4) is 0 Å². The van der Waals surface area contributed by atoms with E-state index in [4.69, 9.17) is 5.11 Å². The highest BCUT2D eigenvalue weighted by atomic mass is 16.5. The first-order valence-electron chi connectivity index (χ1n) is 6.08. The van der Waals surface area contributed by atoms with Crippen LogP contribution in [0.25, 0.3) is 0 Å². The molecule has 19 heavy (non-hydrogen) atoms. The Bertz CT molecular complexity index is 332. The number of carbonyl (C=O) groups excluding carboxylic acids is 2. The Hall–Kier alpha value is -1.63. The standard InChI is InChI=1S/C12H22N2O5/c1-5-8(2)11(12(17)18)13-9(15)6-14(3)10(16)7-19-4/h8,11H,5-7H2,1-4H3,(H,13,15)(H,17,18)/t8-,11-/m0/s1. The summed E-state index contributed by atoms with van der Waals surface area (Å²) in [6.07, 6.45) is 0.635. The van der Waals surface area contributed by atoms with E-state index < -0.39 is 17.9 Å². The zero-order valence-corrected chi connectivity index (χ0v) is 11.8. The summed E-state index contributed by atoms with van der Waals surface area (Å²) in [5.41, 5.74) is 0. The molecule has 0 aliphatic rings. The number of hydrogen-bond donors (Lipinski definition) is 2. The van der Waals surface area contributed by atoms with Gasteiger partial charge >= 0.3 is 5.97 Å². The van der Waals surface area contributed by atoms with Gasteiger partial charge in [0.05, 0.1) is 6.54 Å². The fourth-order valence-corrected chi connectivity index (χ4v) is 1.44. The normalized spacial score (nSPS) is 13.5. The van der Waals surface area contributed by atoms with Gasteiger partial charge in [-0.15, -0.1) is 0 Å². The zero-order chi connectivity index (χ0) is 15.0. The Morgan fingerprint density at radius 3 is 2.37 bits per heavy atom. The lowest BCUT2D eigenvalue weighted by Crippen LogP contribution is -2.49. The first-order chi connectivity index (χ1) is 8.83. The number of carbonyl (C=O) groups is 3. The summed E-state index contributed by atoms with van der Waals surface area (Å²) in [4.78, 5) is 35.3. The molecule has 0 aromatic carbocycles. The van der Waals surface area contributed by atoms with E-state index in [1.807, 2.05) is 6.92 Å². The van der Waals surface area contributed by atoms with E-state index in [0.29, 0.717) is 6.42 Å². The predicted molar refractivity (Wildman–Crippen MR) is 68.5 cm³/mol. The number of amides is 2. The highest BCUT2D eigenvalue weighted by molar-refractivity contribution is 5.88. The van der Waals surface area contributed by atoms with Crippen LogP contribution in [0.15, 0.2) is 0 Å². The number of hydrogen-bond acceptors (Lipinski definition) is 4. The topological polar surface area (TPSA) is 95.9 Å². The molecule has 2 amide bonds. The van der Waals surface area contributed by atoms with Crippen molar-refractivity contribution in [2.45, 2.75) is 26.3 Å². The number of methoxy groups -OCH3 is 1. The average molecular weight is 274 g/mol. The highest BCUT2D eigenvalue weighted by Crippen LogP contribution is 2.07. The molecule has 2 N–H and O–H groups in total. The number of carboxylic acid groups (broad SMARTS) is 1. The van der Waals surface area contributed by atoms with Gasteiger partial charge in [0, 0.05) is 14.2 Å². The van der Waals surface area contributed by atoms with Gasteiger partial charge < -0.3 is 20.1 Å². The van der Waals surface area contributed by atoms with Gasteiger partial charge in [0.1, 0.15) is 12.6 Å². The third-order valence-corrected chi connectivity index (χ3v) is 2.87. The number of ether oxygens (including phenoxy) is 1. The monoisotopic (exact) mass is 274 g/mol. The molecule has 0 aromatic rings. The van der Waals surface area contributed by atoms with E-state index >= 15 is 0 Å². The molecular formula is C12H22N2O5. The van der Waals surface area contributed by atoms with E-state index in [9.17, 15) is 14.4 Å². The van der Waals surface area contributed by atoms with Gasteiger partial charge in [-0.2, -0.15) is 0 Å². The van der Waals surface area contributed by atoms with Crippen molar-refractivity contribution in [2.24, 2.45) is 5.92 Å². The summed E-state index contributed by atoms with van der Waals surface area (Å²) in [5, 5.41) is 11.5. The van der Waals surface area contributed by atoms with Crippen LogP contribution in [0.3, 0.4) is 0 Å². The average Bonchev–Trinajstić information content (AvgIpc) is 2.34. The molecule has 0 fully saturated rings. The van der Waals surface area contributed by atoms with Gasteiger partial charge in [-0.1, -0.05) is 20.3 Å². The van der Waals surface area contributed by atoms with Crippen LogP contribution < -0.4 is 5.32 Å². The van der Waals surface area contributed by atoms with Gasteiger partial charge in [0.15, 0.2) is 0 Å². The Balaban J connectivity index is 4.42. The molecule has 0 saturated heterocycles. The minimum Gasteiger partial charge on any atom is -0.480 e. The molecule has 0 heterocycles. The van der Waals surface area contributed by atoms with Gasteiger partial charge in [0.2, 0.25) is 11.8 Å². The molecule has 0 bridgehead atoms. The molecule has 7 nitrogen and oxygen atoms in total. The molecule has 0 aromatic heterocycles. The lowest BCUT2D eigenvalue weighted by molar-refractivity contribution is -0.144. The fraction of sp³-hybridized carbons (Fsp3) is 0.750. The third-order valence-electron chi connectivity index (χ3n) is 2.87. The molecule has 2 atom stereocenters. The number of rotatable bonds is 8. The van der Waals surface area contributed by atoms with Crippen molar-refractivity contribution in [1.29, 1.82) is 0 Å². The number of aliphatic carboxylic acids is 1. The molecule has 0 saturated carbocycles. The molecule has 0 unspecified atom stereocenters. The smallest absolute Gasteiger partial charge is 0.326 e. The zero-order valence-electron chi connectivity index (χ0n) is 11.8. The summed E-state index contributed by atoms with van der Waals surface area (Å²) < 4.78 is 4.66. The maximum absolute atomic E-state index is 11.7. The van der Waals surface area contributed by atoms with E-state index in [1.165, 1.54) is 19.1 Å². The highest BCUT2D eigenvalue weighted by Gasteiger charge is 2.26. The van der Waals surface area contributed by atoms with Crippen molar-refractivity contribution in [3.63, 3.8) is 0 Å². The maximum Gasteiger partial charge on any atom is 0.326 e. The number of nitrogens with one attached hydrogen (secondary N) is 1. The van der Waals surface area contributed by atoms with Crippen LogP contribution in [0, 0.1) is 5.92 Å². The second-order valence-corrected chi connectivity index (χ2v) is 4.45. The van der Waals surface area contributed by atoms with Crippen LogP contribution in [0.2, 0.25) is 0 Å². The van der Waals surface area contributed by atoms with E-state index in [0.717, 1.165) is 0 Å². The summed E-state index contributed by atoms with van der Waals surface area (Å²) in [6.45, 7) is 3.29. The van der Waals surface area contributed by atoms with Crippen LogP contribution in [0.5, 0.6) is 0 Å². The fourth-order valence-electron chi connectivity index (χ4n) is 1.44. The van der Waals surface area contributed by atoms with Gasteiger partial charge in [-0.05, 0) is 5.92 Å². The first-order valence-corrected chi connectivity index (χ1v) is 6.08. The van der Waals surface area contributed by atoms with Crippen molar-refractivity contribution in [2.75, 3.05) is 27.3 Å². The largest absolute Gasteiger partial charge is 0.480 e. The van der Waals surface area contributed by atoms with Crippen molar-refractivity contribution in [1.82, 2.24) is 10.2 Å². The van der Waals surface area contributed by atoms with Crippen LogP contribution in [-0.4, -0.2) is 61.1 Å². The second kappa shape index (κ2) is 8.47. The van der Waals surface area contributed by atoms with Crippen LogP contribution in [0.1, 0.15) is 20.3 Å². The maximum atomic E-state index is 11.7. The lowest BCUT2D eigenvalue weighted by Gasteiger charge is -2.22. The van der Waals surface area contributed by atoms with Crippen LogP contribution in [-0.2, 0) is 19.1 Å². The minimum atomic E-state index is -1.08. The van der Waals surface area contributed by atoms with Crippen molar-refractivity contribution >= 4 is 17.8 Å². The third kappa shape index (κ3) is 6.19. The van der Waals surface area contributed by atoms with Crippen LogP contribution >= 0.6 is 0 Å². The Morgan fingerprint density at radius 1 is 1.37 bits per heavy atom. The molecule has 0 spiro atoms. The summed E-state index contributed by atoms with van der Waals surface area (Å²) >= 11 is 0. The van der Waals surface area contributed by atoms with Gasteiger partial charge in [-0.25, -0.2) is 4.79 Å². The molecule has 110 valence electrons. The SMILES string of the molecule is CC[C@H](C)[C@H](NC(=O)CN(C)C(=O)COC)C(=O)O. The quantitative estimate of drug-likeness (QED) is 0.634. The summed E-state index contributed by atoms with van der Waals surface area (Å²) in [6, 6.07) is -0.941. The van der Waals surface area contributed by atoms with Crippen molar-refractivity contribution in [3.05, 3.63) is 0 Å². The molecule has 0 radical (unpaired) electrons. The number of nitrogens with zero attached hydrogens (tertiary/aromatic N) is 1. The summed E-state index contributed by atoms with van der Waals surface area (Å²) in [5.74, 6) is -2.09. The predicted octanol–water partition coefficient (Wildman–Crippen LogP) is -0.293. The minimum absolute atomic E-state index is 0.114. The summed E-state index contributed by atoms with van der Waals surface area (Å²) in [7, 11) is 2.84. The van der Waals surface area contributed by atoms with E-state index in [2.05, 4.69) is 10.1 Å². The molecule has 7 heteroatoms. The van der Waals surface area contributed by atoms with Gasteiger partial charge in [0.25, 0.3) is 0 Å². The lowest BCUT2D eigenvalue weighted by atomic mass is 9.99. The Kier molecular flexibility index (Phi) is 7.74. The second-order valence-electron chi connectivity index (χ2n) is 4.45. The molecule has 0 aliphatic carbocycles. The first kappa shape index (κ1) is 17.4. The number of likely N-dealkylation sites (N-methyl/N-ethyl adjacent to an activating group) is 1. The Labute approximate surface area is 112 Å². The van der Waals surface area contributed by atoms with E-state index in [1.54, 1.807) is 6.92 Å².